The lowest BCUT2D eigenvalue weighted by Gasteiger charge is -2.00. The Morgan fingerprint density at radius 3 is 3.00 bits per heavy atom. The molecule has 0 saturated carbocycles. The molecule has 1 rings (SSSR count). The van der Waals surface area contributed by atoms with Crippen LogP contribution in [0.5, 0.6) is 5.75 Å². The smallest absolute Gasteiger partial charge is 0.119 e. The summed E-state index contributed by atoms with van der Waals surface area (Å²) in [6.45, 7) is 0.428. The number of benzene rings is 1. The van der Waals surface area contributed by atoms with Crippen LogP contribution >= 0.6 is 0 Å². The van der Waals surface area contributed by atoms with E-state index in [1.165, 1.54) is 0 Å². The maximum Gasteiger partial charge on any atom is 0.119 e. The van der Waals surface area contributed by atoms with Gasteiger partial charge < -0.3 is 4.74 Å². The lowest BCUT2D eigenvalue weighted by Crippen LogP contribution is -1.84. The standard InChI is InChI=1S/C8H10N2O/c1-11-8-4-2-3-7(5-8)6-10-9/h2-5,9H,6H2,1H3. The molecule has 0 aliphatic heterocycles. The van der Waals surface area contributed by atoms with Gasteiger partial charge in [-0.1, -0.05) is 12.1 Å². The molecular weight excluding hydrogens is 140 g/mol. The fourth-order valence-corrected chi connectivity index (χ4v) is 0.862. The minimum atomic E-state index is 0.428. The van der Waals surface area contributed by atoms with Crippen LogP contribution in [0.1, 0.15) is 5.56 Å². The summed E-state index contributed by atoms with van der Waals surface area (Å²) in [5, 5.41) is 3.28. The minimum Gasteiger partial charge on any atom is -0.497 e. The maximum atomic E-state index is 6.65. The summed E-state index contributed by atoms with van der Waals surface area (Å²) in [5.41, 5.74) is 7.65. The SMILES string of the molecule is COc1cccc(CN=N)c1. The molecule has 3 heteroatoms. The number of rotatable bonds is 3. The minimum absolute atomic E-state index is 0.428. The van der Waals surface area contributed by atoms with E-state index < -0.39 is 0 Å². The van der Waals surface area contributed by atoms with Crippen LogP contribution in [-0.2, 0) is 6.54 Å². The van der Waals surface area contributed by atoms with Gasteiger partial charge in [-0.3, -0.25) is 0 Å². The van der Waals surface area contributed by atoms with Gasteiger partial charge in [-0.05, 0) is 17.7 Å². The van der Waals surface area contributed by atoms with Crippen LogP contribution in [0.3, 0.4) is 0 Å². The van der Waals surface area contributed by atoms with E-state index >= 15 is 0 Å². The fourth-order valence-electron chi connectivity index (χ4n) is 0.862. The summed E-state index contributed by atoms with van der Waals surface area (Å²) in [4.78, 5) is 0. The van der Waals surface area contributed by atoms with Crippen molar-refractivity contribution >= 4 is 0 Å². The summed E-state index contributed by atoms with van der Waals surface area (Å²) in [6, 6.07) is 7.55. The van der Waals surface area contributed by atoms with E-state index in [4.69, 9.17) is 10.3 Å². The summed E-state index contributed by atoms with van der Waals surface area (Å²) in [5.74, 6) is 0.811. The molecule has 0 spiro atoms. The molecule has 1 N–H and O–H groups in total. The monoisotopic (exact) mass is 150 g/mol. The van der Waals surface area contributed by atoms with E-state index in [-0.39, 0.29) is 0 Å². The average molecular weight is 150 g/mol. The van der Waals surface area contributed by atoms with Crippen molar-refractivity contribution in [3.8, 4) is 5.75 Å². The average Bonchev–Trinajstić information content (AvgIpc) is 2.06. The van der Waals surface area contributed by atoms with Gasteiger partial charge in [0.25, 0.3) is 0 Å². The van der Waals surface area contributed by atoms with Gasteiger partial charge in [-0.25, -0.2) is 5.53 Å². The van der Waals surface area contributed by atoms with Crippen LogP contribution in [0, 0.1) is 5.53 Å². The third kappa shape index (κ3) is 2.04. The van der Waals surface area contributed by atoms with Gasteiger partial charge >= 0.3 is 0 Å². The summed E-state index contributed by atoms with van der Waals surface area (Å²) < 4.78 is 5.00. The highest BCUT2D eigenvalue weighted by molar-refractivity contribution is 5.28. The Morgan fingerprint density at radius 2 is 2.36 bits per heavy atom. The van der Waals surface area contributed by atoms with Crippen molar-refractivity contribution in [3.63, 3.8) is 0 Å². The van der Waals surface area contributed by atoms with Gasteiger partial charge in [-0.2, -0.15) is 5.11 Å². The zero-order chi connectivity index (χ0) is 8.10. The summed E-state index contributed by atoms with van der Waals surface area (Å²) in [7, 11) is 1.62. The highest BCUT2D eigenvalue weighted by Crippen LogP contribution is 2.12. The highest BCUT2D eigenvalue weighted by Gasteiger charge is 1.92. The van der Waals surface area contributed by atoms with Crippen LogP contribution in [0.25, 0.3) is 0 Å². The van der Waals surface area contributed by atoms with Crippen LogP contribution < -0.4 is 4.74 Å². The lowest BCUT2D eigenvalue weighted by atomic mass is 10.2. The van der Waals surface area contributed by atoms with Crippen LogP contribution in [0.15, 0.2) is 29.4 Å². The first-order chi connectivity index (χ1) is 5.36. The Labute approximate surface area is 65.5 Å². The third-order valence-corrected chi connectivity index (χ3v) is 1.40. The quantitative estimate of drug-likeness (QED) is 0.660. The molecular formula is C8H10N2O. The fraction of sp³-hybridized carbons (Fsp3) is 0.250. The lowest BCUT2D eigenvalue weighted by molar-refractivity contribution is 0.414. The van der Waals surface area contributed by atoms with E-state index in [1.807, 2.05) is 24.3 Å². The number of nitrogens with one attached hydrogen (secondary N) is 1. The molecule has 0 fully saturated rings. The Morgan fingerprint density at radius 1 is 1.55 bits per heavy atom. The van der Waals surface area contributed by atoms with E-state index in [2.05, 4.69) is 5.11 Å². The van der Waals surface area contributed by atoms with Crippen molar-refractivity contribution in [2.45, 2.75) is 6.54 Å². The Hall–Kier alpha value is -1.38. The number of methoxy groups -OCH3 is 1. The molecule has 58 valence electrons. The topological polar surface area (TPSA) is 45.4 Å². The second-order valence-electron chi connectivity index (χ2n) is 2.17. The predicted octanol–water partition coefficient (Wildman–Crippen LogP) is 2.23. The predicted molar refractivity (Wildman–Crippen MR) is 41.8 cm³/mol. The van der Waals surface area contributed by atoms with Crippen molar-refractivity contribution in [1.29, 1.82) is 5.53 Å². The van der Waals surface area contributed by atoms with E-state index in [0.29, 0.717) is 6.54 Å². The molecule has 11 heavy (non-hydrogen) atoms. The number of hydrogen-bond donors (Lipinski definition) is 1. The zero-order valence-electron chi connectivity index (χ0n) is 6.37. The van der Waals surface area contributed by atoms with E-state index in [1.54, 1.807) is 7.11 Å². The second kappa shape index (κ2) is 3.71. The molecule has 1 aromatic rings. The van der Waals surface area contributed by atoms with Crippen LogP contribution in [0.4, 0.5) is 0 Å². The first kappa shape index (κ1) is 7.72. The first-order valence-electron chi connectivity index (χ1n) is 3.33. The van der Waals surface area contributed by atoms with Gasteiger partial charge in [0.1, 0.15) is 5.75 Å². The zero-order valence-corrected chi connectivity index (χ0v) is 6.37. The number of ether oxygens (including phenoxy) is 1. The highest BCUT2D eigenvalue weighted by atomic mass is 16.5. The molecule has 0 aromatic heterocycles. The van der Waals surface area contributed by atoms with Gasteiger partial charge in [0.2, 0.25) is 0 Å². The van der Waals surface area contributed by atoms with Crippen molar-refractivity contribution in [1.82, 2.24) is 0 Å². The molecule has 0 radical (unpaired) electrons. The summed E-state index contributed by atoms with van der Waals surface area (Å²) >= 11 is 0. The summed E-state index contributed by atoms with van der Waals surface area (Å²) in [6.07, 6.45) is 0. The number of nitrogens with zero attached hydrogens (tertiary/aromatic N) is 1. The molecule has 0 atom stereocenters. The third-order valence-electron chi connectivity index (χ3n) is 1.40. The van der Waals surface area contributed by atoms with Crippen molar-refractivity contribution in [3.05, 3.63) is 29.8 Å². The molecule has 0 aliphatic carbocycles. The van der Waals surface area contributed by atoms with Crippen LogP contribution in [-0.4, -0.2) is 7.11 Å². The molecule has 0 amide bonds. The largest absolute Gasteiger partial charge is 0.497 e. The van der Waals surface area contributed by atoms with E-state index in [9.17, 15) is 0 Å². The second-order valence-corrected chi connectivity index (χ2v) is 2.17. The first-order valence-corrected chi connectivity index (χ1v) is 3.33. The normalized spacial score (nSPS) is 9.18. The molecule has 0 unspecified atom stereocenters. The Bertz CT molecular complexity index is 248. The number of hydrogen-bond acceptors (Lipinski definition) is 3. The van der Waals surface area contributed by atoms with Gasteiger partial charge in [0, 0.05) is 0 Å². The van der Waals surface area contributed by atoms with Crippen molar-refractivity contribution < 1.29 is 4.74 Å². The molecule has 0 heterocycles. The molecule has 0 saturated heterocycles. The molecule has 1 aromatic carbocycles. The van der Waals surface area contributed by atoms with Crippen molar-refractivity contribution in [2.24, 2.45) is 5.11 Å². The van der Waals surface area contributed by atoms with Crippen molar-refractivity contribution in [2.75, 3.05) is 7.11 Å². The van der Waals surface area contributed by atoms with Crippen LogP contribution in [0.2, 0.25) is 0 Å². The molecule has 0 bridgehead atoms. The van der Waals surface area contributed by atoms with Gasteiger partial charge in [-0.15, -0.1) is 0 Å². The van der Waals surface area contributed by atoms with Gasteiger partial charge in [0.15, 0.2) is 0 Å². The molecule has 3 nitrogen and oxygen atoms in total. The van der Waals surface area contributed by atoms with E-state index in [0.717, 1.165) is 11.3 Å². The maximum absolute atomic E-state index is 6.65. The van der Waals surface area contributed by atoms with Gasteiger partial charge in [0.05, 0.1) is 13.7 Å². The Kier molecular flexibility index (Phi) is 2.60. The molecule has 0 aliphatic rings. The Balaban J connectivity index is 2.82.